The fourth-order valence-corrected chi connectivity index (χ4v) is 0.838. The topological polar surface area (TPSA) is 93.3 Å². The summed E-state index contributed by atoms with van der Waals surface area (Å²) >= 11 is 0. The van der Waals surface area contributed by atoms with E-state index < -0.39 is 12.6 Å². The number of hydrogen-bond acceptors (Lipinski definition) is 6. The van der Waals surface area contributed by atoms with Gasteiger partial charge in [0.05, 0.1) is 5.71 Å². The lowest BCUT2D eigenvalue weighted by molar-refractivity contribution is -0.150. The van der Waals surface area contributed by atoms with Crippen LogP contribution in [0.1, 0.15) is 13.8 Å². The lowest BCUT2D eigenvalue weighted by Gasteiger charge is -2.05. The van der Waals surface area contributed by atoms with Crippen molar-refractivity contribution in [2.24, 2.45) is 5.16 Å². The Hall–Kier alpha value is -2.18. The largest absolute Gasteiger partial charge is 0.492 e. The van der Waals surface area contributed by atoms with E-state index in [0.717, 1.165) is 0 Å². The normalized spacial score (nSPS) is 9.62. The van der Waals surface area contributed by atoms with Crippen LogP contribution < -0.4 is 4.84 Å². The molecule has 0 aliphatic rings. The maximum absolute atomic E-state index is 11.1. The van der Waals surface area contributed by atoms with Crippen LogP contribution >= 0.6 is 0 Å². The summed E-state index contributed by atoms with van der Waals surface area (Å²) < 4.78 is 0.578. The first-order valence-electron chi connectivity index (χ1n) is 4.44. The van der Waals surface area contributed by atoms with Crippen molar-refractivity contribution in [1.82, 2.24) is 4.73 Å². The van der Waals surface area contributed by atoms with E-state index in [-0.39, 0.29) is 11.8 Å². The highest BCUT2D eigenvalue weighted by atomic mass is 16.7. The number of aromatic hydroxyl groups is 2. The molecular weight excluding hydrogens is 216 g/mol. The van der Waals surface area contributed by atoms with E-state index in [9.17, 15) is 4.79 Å². The zero-order chi connectivity index (χ0) is 12.1. The Labute approximate surface area is 91.5 Å². The Morgan fingerprint density at radius 1 is 1.38 bits per heavy atom. The van der Waals surface area contributed by atoms with Gasteiger partial charge in [-0.1, -0.05) is 5.16 Å². The molecule has 1 rings (SSSR count). The molecule has 0 atom stereocenters. The molecule has 7 nitrogen and oxygen atoms in total. The smallest absolute Gasteiger partial charge is 0.373 e. The molecule has 0 aliphatic heterocycles. The number of rotatable bonds is 4. The SMILES string of the molecule is CC(C)=NOCC(=O)On1c(O)ccc1O. The van der Waals surface area contributed by atoms with E-state index in [2.05, 4.69) is 14.8 Å². The molecule has 88 valence electrons. The van der Waals surface area contributed by atoms with Crippen molar-refractivity contribution in [1.29, 1.82) is 0 Å². The van der Waals surface area contributed by atoms with E-state index in [1.165, 1.54) is 12.1 Å². The molecule has 0 radical (unpaired) electrons. The third kappa shape index (κ3) is 3.19. The first-order valence-corrected chi connectivity index (χ1v) is 4.44. The molecule has 0 spiro atoms. The third-order valence-corrected chi connectivity index (χ3v) is 1.42. The van der Waals surface area contributed by atoms with Crippen molar-refractivity contribution in [2.75, 3.05) is 6.61 Å². The van der Waals surface area contributed by atoms with Gasteiger partial charge in [-0.2, -0.15) is 0 Å². The van der Waals surface area contributed by atoms with Crippen LogP contribution in [-0.4, -0.2) is 33.2 Å². The molecule has 0 saturated heterocycles. The minimum absolute atomic E-state index is 0.388. The van der Waals surface area contributed by atoms with Gasteiger partial charge in [0.15, 0.2) is 0 Å². The summed E-state index contributed by atoms with van der Waals surface area (Å²) in [6.45, 7) is 2.99. The van der Waals surface area contributed by atoms with Gasteiger partial charge in [-0.3, -0.25) is 0 Å². The summed E-state index contributed by atoms with van der Waals surface area (Å²) in [7, 11) is 0. The number of hydrogen-bond donors (Lipinski definition) is 2. The first-order chi connectivity index (χ1) is 7.50. The van der Waals surface area contributed by atoms with E-state index in [1.807, 2.05) is 0 Å². The van der Waals surface area contributed by atoms with E-state index in [0.29, 0.717) is 10.4 Å². The molecule has 2 N–H and O–H groups in total. The van der Waals surface area contributed by atoms with Gasteiger partial charge in [-0.05, 0) is 13.8 Å². The van der Waals surface area contributed by atoms with Gasteiger partial charge in [-0.25, -0.2) is 4.79 Å². The van der Waals surface area contributed by atoms with Crippen LogP contribution in [0.3, 0.4) is 0 Å². The number of nitrogens with zero attached hydrogens (tertiary/aromatic N) is 2. The molecule has 0 fully saturated rings. The number of carbonyl (C=O) groups is 1. The fraction of sp³-hybridized carbons (Fsp3) is 0.333. The molecule has 0 aromatic carbocycles. The van der Waals surface area contributed by atoms with Crippen LogP contribution in [0.15, 0.2) is 17.3 Å². The molecule has 1 heterocycles. The van der Waals surface area contributed by atoms with Crippen molar-refractivity contribution in [3.63, 3.8) is 0 Å². The Morgan fingerprint density at radius 2 is 1.94 bits per heavy atom. The molecule has 1 aromatic rings. The van der Waals surface area contributed by atoms with Crippen LogP contribution in [0.4, 0.5) is 0 Å². The first kappa shape index (κ1) is 11.9. The second-order valence-corrected chi connectivity index (χ2v) is 3.12. The van der Waals surface area contributed by atoms with E-state index in [4.69, 9.17) is 10.2 Å². The molecule has 0 unspecified atom stereocenters. The Morgan fingerprint density at radius 3 is 2.44 bits per heavy atom. The highest BCUT2D eigenvalue weighted by Crippen LogP contribution is 2.18. The minimum Gasteiger partial charge on any atom is -0.492 e. The van der Waals surface area contributed by atoms with Crippen molar-refractivity contribution < 1.29 is 24.7 Å². The van der Waals surface area contributed by atoms with Crippen LogP contribution in [-0.2, 0) is 9.63 Å². The summed E-state index contributed by atoms with van der Waals surface area (Å²) in [5, 5.41) is 21.8. The van der Waals surface area contributed by atoms with Crippen molar-refractivity contribution >= 4 is 11.7 Å². The van der Waals surface area contributed by atoms with Crippen LogP contribution in [0.5, 0.6) is 11.8 Å². The lowest BCUT2D eigenvalue weighted by atomic mass is 10.5. The summed E-state index contributed by atoms with van der Waals surface area (Å²) in [6, 6.07) is 2.36. The summed E-state index contributed by atoms with van der Waals surface area (Å²) in [5.74, 6) is -1.58. The number of aromatic nitrogens is 1. The molecule has 0 saturated carbocycles. The van der Waals surface area contributed by atoms with Gasteiger partial charge in [-0.15, -0.1) is 4.73 Å². The highest BCUT2D eigenvalue weighted by Gasteiger charge is 2.12. The molecule has 0 amide bonds. The molecule has 1 aromatic heterocycles. The molecular formula is C9H12N2O5. The van der Waals surface area contributed by atoms with Gasteiger partial charge in [0, 0.05) is 12.1 Å². The average molecular weight is 228 g/mol. The van der Waals surface area contributed by atoms with Crippen molar-refractivity contribution in [2.45, 2.75) is 13.8 Å². The maximum atomic E-state index is 11.1. The summed E-state index contributed by atoms with van der Waals surface area (Å²) in [5.41, 5.74) is 0.652. The van der Waals surface area contributed by atoms with E-state index >= 15 is 0 Å². The predicted octanol–water partition coefficient (Wildman–Crippen LogP) is 0.267. The van der Waals surface area contributed by atoms with Crippen molar-refractivity contribution in [3.05, 3.63) is 12.1 Å². The van der Waals surface area contributed by atoms with Gasteiger partial charge in [0.1, 0.15) is 0 Å². The third-order valence-electron chi connectivity index (χ3n) is 1.42. The van der Waals surface area contributed by atoms with Gasteiger partial charge in [0.2, 0.25) is 18.4 Å². The number of oxime groups is 1. The van der Waals surface area contributed by atoms with E-state index in [1.54, 1.807) is 13.8 Å². The summed E-state index contributed by atoms with van der Waals surface area (Å²) in [6.07, 6.45) is 0. The molecule has 0 aliphatic carbocycles. The fourth-order valence-electron chi connectivity index (χ4n) is 0.838. The predicted molar refractivity (Wildman–Crippen MR) is 54.1 cm³/mol. The lowest BCUT2D eigenvalue weighted by Crippen LogP contribution is -2.22. The number of carbonyl (C=O) groups excluding carboxylic acids is 1. The van der Waals surface area contributed by atoms with Crippen LogP contribution in [0, 0.1) is 0 Å². The Balaban J connectivity index is 2.49. The van der Waals surface area contributed by atoms with Gasteiger partial charge in [0.25, 0.3) is 0 Å². The van der Waals surface area contributed by atoms with Crippen LogP contribution in [0.2, 0.25) is 0 Å². The highest BCUT2D eigenvalue weighted by molar-refractivity contribution is 5.78. The average Bonchev–Trinajstić information content (AvgIpc) is 2.49. The van der Waals surface area contributed by atoms with Crippen LogP contribution in [0.25, 0.3) is 0 Å². The molecule has 16 heavy (non-hydrogen) atoms. The Bertz CT molecular complexity index is 387. The molecule has 0 bridgehead atoms. The van der Waals surface area contributed by atoms with Gasteiger partial charge < -0.3 is 19.9 Å². The molecule has 7 heteroatoms. The zero-order valence-corrected chi connectivity index (χ0v) is 8.88. The Kier molecular flexibility index (Phi) is 3.76. The standard InChI is InChI=1S/C9H12N2O5/c1-6(2)10-15-5-9(14)16-11-7(12)3-4-8(11)13/h3-4,12-13H,5H2,1-2H3. The maximum Gasteiger partial charge on any atom is 0.373 e. The van der Waals surface area contributed by atoms with Crippen molar-refractivity contribution in [3.8, 4) is 11.8 Å². The monoisotopic (exact) mass is 228 g/mol. The summed E-state index contributed by atoms with van der Waals surface area (Å²) in [4.78, 5) is 20.3. The van der Waals surface area contributed by atoms with Gasteiger partial charge >= 0.3 is 5.97 Å². The zero-order valence-electron chi connectivity index (χ0n) is 8.88. The quantitative estimate of drug-likeness (QED) is 0.569. The minimum atomic E-state index is -0.799. The second-order valence-electron chi connectivity index (χ2n) is 3.12. The second kappa shape index (κ2) is 5.06.